The number of rotatable bonds is 7. The van der Waals surface area contributed by atoms with E-state index in [1.807, 2.05) is 44.2 Å². The third-order valence-corrected chi connectivity index (χ3v) is 9.84. The Morgan fingerprint density at radius 1 is 1.23 bits per heavy atom. The van der Waals surface area contributed by atoms with Gasteiger partial charge in [-0.2, -0.15) is 12.6 Å². The maximum Gasteiger partial charge on any atom is 0.407 e. The molecule has 3 amide bonds. The number of methoxy groups -OCH3 is 2. The number of likely N-dealkylation sites (N-methyl/N-ethyl adjacent to an activating group) is 1. The van der Waals surface area contributed by atoms with Crippen LogP contribution in [0.3, 0.4) is 0 Å². The van der Waals surface area contributed by atoms with Crippen molar-refractivity contribution in [2.45, 2.75) is 89.1 Å². The molecular weight excluding hydrogens is 662 g/mol. The fourth-order valence-electron chi connectivity index (χ4n) is 6.07. The van der Waals surface area contributed by atoms with Crippen LogP contribution in [0.4, 0.5) is 10.5 Å². The zero-order valence-electron chi connectivity index (χ0n) is 28.4. The number of carbonyl (C=O) groups excluding carboxylic acids is 4. The largest absolute Gasteiger partial charge is 0.495 e. The molecule has 8 atom stereocenters. The van der Waals surface area contributed by atoms with Gasteiger partial charge in [-0.25, -0.2) is 9.59 Å². The molecule has 0 spiro atoms. The Hall–Kier alpha value is -3.26. The number of halogens is 1. The summed E-state index contributed by atoms with van der Waals surface area (Å²) in [7, 11) is 6.21. The van der Waals surface area contributed by atoms with Crippen molar-refractivity contribution in [3.8, 4) is 5.75 Å². The highest BCUT2D eigenvalue weighted by Crippen LogP contribution is 2.40. The van der Waals surface area contributed by atoms with Crippen molar-refractivity contribution in [3.05, 3.63) is 46.5 Å². The molecule has 4 bridgehead atoms. The van der Waals surface area contributed by atoms with E-state index >= 15 is 0 Å². The van der Waals surface area contributed by atoms with Crippen molar-refractivity contribution in [3.63, 3.8) is 0 Å². The van der Waals surface area contributed by atoms with Gasteiger partial charge < -0.3 is 38.8 Å². The minimum Gasteiger partial charge on any atom is -0.495 e. The number of allylic oxidation sites excluding steroid dienone is 3. The molecule has 0 aromatic heterocycles. The number of anilines is 1. The molecule has 4 rings (SSSR count). The van der Waals surface area contributed by atoms with Crippen LogP contribution in [-0.4, -0.2) is 105 Å². The predicted octanol–water partition coefficient (Wildman–Crippen LogP) is 4.12. The second-order valence-corrected chi connectivity index (χ2v) is 13.4. The van der Waals surface area contributed by atoms with E-state index in [-0.39, 0.29) is 41.6 Å². The van der Waals surface area contributed by atoms with E-state index in [1.54, 1.807) is 21.1 Å². The SMILES string of the molecule is COc1cc2cc(c1Cl)N(C)C(=O)C[C@H](OC(=O)[C@H](C)N(C)C(=O)CCS)C1OC1[C@H](C)C1CC(NC(=O)O1)[C@H](OC)/C=C/C=C(\C)C2. The van der Waals surface area contributed by atoms with Crippen molar-refractivity contribution >= 4 is 53.8 Å². The van der Waals surface area contributed by atoms with Gasteiger partial charge in [-0.15, -0.1) is 0 Å². The van der Waals surface area contributed by atoms with Crippen molar-refractivity contribution in [2.75, 3.05) is 39.0 Å². The van der Waals surface area contributed by atoms with Crippen molar-refractivity contribution in [2.24, 2.45) is 5.92 Å². The van der Waals surface area contributed by atoms with Crippen LogP contribution < -0.4 is 15.0 Å². The summed E-state index contributed by atoms with van der Waals surface area (Å²) in [6.07, 6.45) is 2.97. The Morgan fingerprint density at radius 2 is 1.96 bits per heavy atom. The maximum atomic E-state index is 13.9. The quantitative estimate of drug-likeness (QED) is 0.244. The van der Waals surface area contributed by atoms with Crippen LogP contribution in [0.1, 0.15) is 45.6 Å². The number of fused-ring (bicyclic) bond motifs is 5. The Labute approximate surface area is 292 Å². The van der Waals surface area contributed by atoms with Crippen molar-refractivity contribution in [1.82, 2.24) is 10.2 Å². The van der Waals surface area contributed by atoms with Crippen molar-refractivity contribution in [1.29, 1.82) is 0 Å². The molecule has 1 aromatic rings. The van der Waals surface area contributed by atoms with E-state index in [2.05, 4.69) is 17.9 Å². The second-order valence-electron chi connectivity index (χ2n) is 12.5. The molecule has 3 aliphatic rings. The number of nitrogens with zero attached hydrogens (tertiary/aromatic N) is 2. The molecule has 0 radical (unpaired) electrons. The highest BCUT2D eigenvalue weighted by molar-refractivity contribution is 7.80. The average Bonchev–Trinajstić information content (AvgIpc) is 3.86. The standard InChI is InChI=1S/C34H46ClN3O9S/c1-18-9-8-10-24(43-6)22-16-25(46-34(42)36-22)19(2)31-32(47-31)27(45-33(41)20(3)37(4)28(39)11-12-48)17-29(40)38(5)23-14-21(13-18)15-26(44-7)30(23)35/h8-10,14-15,19-20,22,24-25,27,31-32,48H,11-13,16-17H2,1-7H3,(H,36,42)/b10-8+,18-9+/t19-,20+,22?,24-,25?,27+,31?,32?/m1/s1. The number of ether oxygens (including phenoxy) is 5. The number of benzene rings is 1. The monoisotopic (exact) mass is 707 g/mol. The van der Waals surface area contributed by atoms with Gasteiger partial charge in [-0.05, 0) is 43.7 Å². The first-order valence-corrected chi connectivity index (χ1v) is 17.0. The number of carbonyl (C=O) groups is 4. The molecule has 1 N–H and O–H groups in total. The summed E-state index contributed by atoms with van der Waals surface area (Å²) in [5.41, 5.74) is 2.31. The number of amides is 3. The van der Waals surface area contributed by atoms with E-state index in [9.17, 15) is 19.2 Å². The van der Waals surface area contributed by atoms with Gasteiger partial charge >= 0.3 is 12.1 Å². The smallest absolute Gasteiger partial charge is 0.407 e. The van der Waals surface area contributed by atoms with Crippen LogP contribution in [0.15, 0.2) is 35.9 Å². The molecule has 0 aliphatic carbocycles. The van der Waals surface area contributed by atoms with Gasteiger partial charge in [0, 0.05) is 40.0 Å². The van der Waals surface area contributed by atoms with Gasteiger partial charge in [-0.3, -0.25) is 9.59 Å². The number of alkyl carbamates (subject to hydrolysis) is 1. The first-order valence-electron chi connectivity index (χ1n) is 16.0. The van der Waals surface area contributed by atoms with Crippen LogP contribution in [0, 0.1) is 5.92 Å². The predicted molar refractivity (Wildman–Crippen MR) is 184 cm³/mol. The van der Waals surface area contributed by atoms with Gasteiger partial charge in [0.2, 0.25) is 11.8 Å². The molecule has 14 heteroatoms. The Morgan fingerprint density at radius 3 is 2.62 bits per heavy atom. The lowest BCUT2D eigenvalue weighted by Crippen LogP contribution is -2.53. The lowest BCUT2D eigenvalue weighted by molar-refractivity contribution is -0.159. The van der Waals surface area contributed by atoms with Crippen LogP contribution in [0.2, 0.25) is 5.02 Å². The third kappa shape index (κ3) is 8.85. The topological polar surface area (TPSA) is 136 Å². The highest BCUT2D eigenvalue weighted by Gasteiger charge is 2.54. The molecule has 12 nitrogen and oxygen atoms in total. The number of nitrogens with one attached hydrogen (secondary N) is 1. The van der Waals surface area contributed by atoms with Crippen LogP contribution in [0.5, 0.6) is 5.75 Å². The summed E-state index contributed by atoms with van der Waals surface area (Å²) in [6.45, 7) is 5.44. The summed E-state index contributed by atoms with van der Waals surface area (Å²) in [4.78, 5) is 55.2. The van der Waals surface area contributed by atoms with Gasteiger partial charge in [0.1, 0.15) is 35.1 Å². The normalized spacial score (nSPS) is 30.1. The second kappa shape index (κ2) is 16.4. The molecule has 0 saturated carbocycles. The lowest BCUT2D eigenvalue weighted by Gasteiger charge is -2.35. The first-order chi connectivity index (χ1) is 22.8. The van der Waals surface area contributed by atoms with Crippen LogP contribution in [0.25, 0.3) is 0 Å². The van der Waals surface area contributed by atoms with Crippen LogP contribution >= 0.6 is 24.2 Å². The molecule has 2 saturated heterocycles. The van der Waals surface area contributed by atoms with Crippen molar-refractivity contribution < 1.29 is 42.9 Å². The van der Waals surface area contributed by atoms with Gasteiger partial charge in [0.15, 0.2) is 0 Å². The summed E-state index contributed by atoms with van der Waals surface area (Å²) < 4.78 is 29.0. The van der Waals surface area contributed by atoms with E-state index in [0.717, 1.165) is 11.1 Å². The maximum absolute atomic E-state index is 13.9. The fraction of sp³-hybridized carbons (Fsp3) is 0.588. The zero-order chi connectivity index (χ0) is 35.3. The minimum absolute atomic E-state index is 0.156. The van der Waals surface area contributed by atoms with Gasteiger partial charge in [0.05, 0.1) is 37.5 Å². The fourth-order valence-corrected chi connectivity index (χ4v) is 6.58. The lowest BCUT2D eigenvalue weighted by atomic mass is 9.89. The minimum atomic E-state index is -1.00. The average molecular weight is 708 g/mol. The Bertz CT molecular complexity index is 1440. The number of thiol groups is 1. The molecule has 48 heavy (non-hydrogen) atoms. The first kappa shape index (κ1) is 37.6. The highest BCUT2D eigenvalue weighted by atomic mass is 35.5. The van der Waals surface area contributed by atoms with Gasteiger partial charge in [-0.1, -0.05) is 42.3 Å². The summed E-state index contributed by atoms with van der Waals surface area (Å²) >= 11 is 10.8. The van der Waals surface area contributed by atoms with E-state index in [1.165, 1.54) is 24.0 Å². The van der Waals surface area contributed by atoms with E-state index in [0.29, 0.717) is 30.0 Å². The summed E-state index contributed by atoms with van der Waals surface area (Å²) in [5.74, 6) is -0.899. The Kier molecular flexibility index (Phi) is 12.9. The van der Waals surface area contributed by atoms with E-state index < -0.39 is 48.6 Å². The molecule has 264 valence electrons. The Balaban J connectivity index is 1.71. The molecular formula is C34H46ClN3O9S. The summed E-state index contributed by atoms with van der Waals surface area (Å²) in [6, 6.07) is 2.36. The van der Waals surface area contributed by atoms with Gasteiger partial charge in [0.25, 0.3) is 0 Å². The zero-order valence-corrected chi connectivity index (χ0v) is 30.1. The van der Waals surface area contributed by atoms with Crippen LogP contribution in [-0.2, 0) is 39.8 Å². The number of hydrogen-bond donors (Lipinski definition) is 2. The third-order valence-electron chi connectivity index (χ3n) is 9.23. The molecule has 3 heterocycles. The van der Waals surface area contributed by atoms with E-state index in [4.69, 9.17) is 35.3 Å². The summed E-state index contributed by atoms with van der Waals surface area (Å²) in [5, 5.41) is 3.12. The number of esters is 1. The number of epoxide rings is 1. The molecule has 2 fully saturated rings. The number of hydrogen-bond acceptors (Lipinski definition) is 10. The molecule has 3 aliphatic heterocycles. The molecule has 1 aromatic carbocycles. The molecule has 4 unspecified atom stereocenters.